The molecular weight excluding hydrogens is 178 g/mol. The SMILES string of the molecule is NC/C=C/c1ccc2c(c1)COCO2. The number of hydrogen-bond donors (Lipinski definition) is 1. The van der Waals surface area contributed by atoms with E-state index in [1.807, 2.05) is 24.3 Å². The maximum absolute atomic E-state index is 5.38. The highest BCUT2D eigenvalue weighted by atomic mass is 16.7. The average Bonchev–Trinajstić information content (AvgIpc) is 2.26. The van der Waals surface area contributed by atoms with Crippen molar-refractivity contribution in [2.75, 3.05) is 13.3 Å². The Morgan fingerprint density at radius 2 is 2.36 bits per heavy atom. The highest BCUT2D eigenvalue weighted by Gasteiger charge is 2.09. The van der Waals surface area contributed by atoms with Crippen molar-refractivity contribution in [3.8, 4) is 5.75 Å². The molecule has 1 aromatic carbocycles. The van der Waals surface area contributed by atoms with Gasteiger partial charge in [0.2, 0.25) is 0 Å². The minimum Gasteiger partial charge on any atom is -0.467 e. The Balaban J connectivity index is 2.24. The molecule has 0 aliphatic carbocycles. The molecule has 0 amide bonds. The summed E-state index contributed by atoms with van der Waals surface area (Å²) in [5.74, 6) is 0.918. The molecule has 1 aromatic rings. The topological polar surface area (TPSA) is 44.5 Å². The van der Waals surface area contributed by atoms with Crippen molar-refractivity contribution in [1.29, 1.82) is 0 Å². The van der Waals surface area contributed by atoms with Crippen LogP contribution in [0.2, 0.25) is 0 Å². The van der Waals surface area contributed by atoms with Gasteiger partial charge in [0, 0.05) is 12.1 Å². The monoisotopic (exact) mass is 191 g/mol. The summed E-state index contributed by atoms with van der Waals surface area (Å²) in [5, 5.41) is 0. The first-order chi connectivity index (χ1) is 6.90. The van der Waals surface area contributed by atoms with Gasteiger partial charge in [-0.2, -0.15) is 0 Å². The maximum atomic E-state index is 5.38. The maximum Gasteiger partial charge on any atom is 0.189 e. The van der Waals surface area contributed by atoms with Crippen LogP contribution < -0.4 is 10.5 Å². The van der Waals surface area contributed by atoms with E-state index in [2.05, 4.69) is 6.07 Å². The van der Waals surface area contributed by atoms with Crippen LogP contribution in [0.1, 0.15) is 11.1 Å². The zero-order valence-corrected chi connectivity index (χ0v) is 7.90. The van der Waals surface area contributed by atoms with Crippen molar-refractivity contribution < 1.29 is 9.47 Å². The lowest BCUT2D eigenvalue weighted by molar-refractivity contribution is -0.0163. The van der Waals surface area contributed by atoms with Crippen molar-refractivity contribution in [2.24, 2.45) is 5.73 Å². The summed E-state index contributed by atoms with van der Waals surface area (Å²) in [4.78, 5) is 0. The van der Waals surface area contributed by atoms with Crippen molar-refractivity contribution in [1.82, 2.24) is 0 Å². The van der Waals surface area contributed by atoms with Gasteiger partial charge in [0.15, 0.2) is 6.79 Å². The van der Waals surface area contributed by atoms with Crippen LogP contribution in [0.4, 0.5) is 0 Å². The fraction of sp³-hybridized carbons (Fsp3) is 0.273. The van der Waals surface area contributed by atoms with Gasteiger partial charge in [0.1, 0.15) is 5.75 Å². The van der Waals surface area contributed by atoms with Gasteiger partial charge < -0.3 is 15.2 Å². The molecule has 1 aliphatic heterocycles. The summed E-state index contributed by atoms with van der Waals surface area (Å²) in [7, 11) is 0. The van der Waals surface area contributed by atoms with Crippen LogP contribution in [0.3, 0.4) is 0 Å². The van der Waals surface area contributed by atoms with E-state index >= 15 is 0 Å². The van der Waals surface area contributed by atoms with Gasteiger partial charge in [0.25, 0.3) is 0 Å². The van der Waals surface area contributed by atoms with Gasteiger partial charge in [-0.3, -0.25) is 0 Å². The van der Waals surface area contributed by atoms with Gasteiger partial charge in [-0.25, -0.2) is 0 Å². The second-order valence-electron chi connectivity index (χ2n) is 3.12. The van der Waals surface area contributed by atoms with E-state index in [4.69, 9.17) is 15.2 Å². The second kappa shape index (κ2) is 4.26. The largest absolute Gasteiger partial charge is 0.467 e. The lowest BCUT2D eigenvalue weighted by Gasteiger charge is -2.17. The molecule has 0 bridgehead atoms. The summed E-state index contributed by atoms with van der Waals surface area (Å²) >= 11 is 0. The molecule has 2 N–H and O–H groups in total. The summed E-state index contributed by atoms with van der Waals surface area (Å²) in [6, 6.07) is 6.03. The van der Waals surface area contributed by atoms with E-state index in [1.54, 1.807) is 0 Å². The molecule has 0 atom stereocenters. The number of rotatable bonds is 2. The number of benzene rings is 1. The van der Waals surface area contributed by atoms with Crippen molar-refractivity contribution >= 4 is 6.08 Å². The minimum atomic E-state index is 0.352. The molecule has 14 heavy (non-hydrogen) atoms. The van der Waals surface area contributed by atoms with Crippen molar-refractivity contribution in [3.05, 3.63) is 35.4 Å². The zero-order chi connectivity index (χ0) is 9.80. The molecule has 0 fully saturated rings. The van der Waals surface area contributed by atoms with E-state index < -0.39 is 0 Å². The summed E-state index contributed by atoms with van der Waals surface area (Å²) in [5.41, 5.74) is 7.60. The molecule has 0 saturated heterocycles. The molecule has 2 rings (SSSR count). The zero-order valence-electron chi connectivity index (χ0n) is 7.90. The Labute approximate surface area is 83.1 Å². The molecule has 0 radical (unpaired) electrons. The van der Waals surface area contributed by atoms with E-state index in [9.17, 15) is 0 Å². The first-order valence-corrected chi connectivity index (χ1v) is 4.60. The molecular formula is C11H13NO2. The average molecular weight is 191 g/mol. The van der Waals surface area contributed by atoms with Crippen LogP contribution in [0.15, 0.2) is 24.3 Å². The quantitative estimate of drug-likeness (QED) is 0.770. The van der Waals surface area contributed by atoms with Gasteiger partial charge in [-0.1, -0.05) is 18.2 Å². The Hall–Kier alpha value is -1.32. The Morgan fingerprint density at radius 1 is 1.43 bits per heavy atom. The summed E-state index contributed by atoms with van der Waals surface area (Å²) < 4.78 is 10.5. The second-order valence-corrected chi connectivity index (χ2v) is 3.12. The van der Waals surface area contributed by atoms with Gasteiger partial charge >= 0.3 is 0 Å². The summed E-state index contributed by atoms with van der Waals surface area (Å²) in [6.45, 7) is 1.54. The third-order valence-electron chi connectivity index (χ3n) is 2.09. The van der Waals surface area contributed by atoms with E-state index in [-0.39, 0.29) is 0 Å². The van der Waals surface area contributed by atoms with Crippen molar-refractivity contribution in [3.63, 3.8) is 0 Å². The van der Waals surface area contributed by atoms with Crippen molar-refractivity contribution in [2.45, 2.75) is 6.61 Å². The van der Waals surface area contributed by atoms with Crippen LogP contribution >= 0.6 is 0 Å². The highest BCUT2D eigenvalue weighted by Crippen LogP contribution is 2.24. The van der Waals surface area contributed by atoms with Crippen LogP contribution in [0.5, 0.6) is 5.75 Å². The standard InChI is InChI=1S/C11H13NO2/c12-5-1-2-9-3-4-11-10(6-9)7-13-8-14-11/h1-4,6H,5,7-8,12H2/b2-1+. The molecule has 1 aliphatic rings. The van der Waals surface area contributed by atoms with E-state index in [0.29, 0.717) is 19.9 Å². The van der Waals surface area contributed by atoms with E-state index in [1.165, 1.54) is 0 Å². The smallest absolute Gasteiger partial charge is 0.189 e. The fourth-order valence-electron chi connectivity index (χ4n) is 1.42. The molecule has 1 heterocycles. The third-order valence-corrected chi connectivity index (χ3v) is 2.09. The van der Waals surface area contributed by atoms with Crippen LogP contribution in [-0.4, -0.2) is 13.3 Å². The lowest BCUT2D eigenvalue weighted by Crippen LogP contribution is -2.11. The molecule has 0 aromatic heterocycles. The number of hydrogen-bond acceptors (Lipinski definition) is 3. The highest BCUT2D eigenvalue weighted by molar-refractivity contribution is 5.53. The molecule has 0 unspecified atom stereocenters. The summed E-state index contributed by atoms with van der Waals surface area (Å²) in [6.07, 6.45) is 3.92. The first-order valence-electron chi connectivity index (χ1n) is 4.60. The first kappa shape index (κ1) is 9.24. The lowest BCUT2D eigenvalue weighted by atomic mass is 10.1. The number of nitrogens with two attached hydrogens (primary N) is 1. The van der Waals surface area contributed by atoms with E-state index in [0.717, 1.165) is 16.9 Å². The van der Waals surface area contributed by atoms with Crippen LogP contribution in [0.25, 0.3) is 6.08 Å². The Morgan fingerprint density at radius 3 is 3.21 bits per heavy atom. The Kier molecular flexibility index (Phi) is 2.81. The predicted octanol–water partition coefficient (Wildman–Crippen LogP) is 1.53. The van der Waals surface area contributed by atoms with Crippen LogP contribution in [-0.2, 0) is 11.3 Å². The molecule has 3 nitrogen and oxygen atoms in total. The van der Waals surface area contributed by atoms with Gasteiger partial charge in [0.05, 0.1) is 6.61 Å². The molecule has 0 saturated carbocycles. The minimum absolute atomic E-state index is 0.352. The molecule has 74 valence electrons. The normalized spacial score (nSPS) is 15.2. The number of fused-ring (bicyclic) bond motifs is 1. The molecule has 3 heteroatoms. The fourth-order valence-corrected chi connectivity index (χ4v) is 1.42. The third kappa shape index (κ3) is 1.95. The van der Waals surface area contributed by atoms with Gasteiger partial charge in [-0.15, -0.1) is 0 Å². The molecule has 0 spiro atoms. The van der Waals surface area contributed by atoms with Gasteiger partial charge in [-0.05, 0) is 17.7 Å². The van der Waals surface area contributed by atoms with Crippen LogP contribution in [0, 0.1) is 0 Å². The number of ether oxygens (including phenoxy) is 2. The predicted molar refractivity (Wildman–Crippen MR) is 54.8 cm³/mol. The Bertz CT molecular complexity index is 347.